The van der Waals surface area contributed by atoms with Crippen molar-refractivity contribution in [1.29, 1.82) is 0 Å². The van der Waals surface area contributed by atoms with Gasteiger partial charge in [0.1, 0.15) is 61.7 Å². The van der Waals surface area contributed by atoms with E-state index >= 15 is 0 Å². The summed E-state index contributed by atoms with van der Waals surface area (Å²) < 4.78 is 51.5. The molecule has 58 heavy (non-hydrogen) atoms. The van der Waals surface area contributed by atoms with Crippen molar-refractivity contribution in [2.75, 3.05) is 49.2 Å². The number of carboxylic acids is 1. The molecule has 0 bridgehead atoms. The van der Waals surface area contributed by atoms with Crippen molar-refractivity contribution in [2.45, 2.75) is 64.1 Å². The summed E-state index contributed by atoms with van der Waals surface area (Å²) in [4.78, 5) is 33.1. The third-order valence-electron chi connectivity index (χ3n) is 11.1. The van der Waals surface area contributed by atoms with E-state index in [2.05, 4.69) is 25.0 Å². The smallest absolute Gasteiger partial charge is 0.350 e. The van der Waals surface area contributed by atoms with E-state index in [9.17, 15) is 18.4 Å². The zero-order valence-electron chi connectivity index (χ0n) is 32.7. The molecule has 17 heteroatoms. The Morgan fingerprint density at radius 2 is 1.59 bits per heavy atom. The van der Waals surface area contributed by atoms with Crippen LogP contribution in [0.5, 0.6) is 5.75 Å². The lowest BCUT2D eigenvalue weighted by Crippen LogP contribution is -2.46. The molecule has 2 aromatic heterocycles. The SMILES string of the molecule is CC(CC(C)C(C)n1ncn(-c2ccc(N3CCN(c4ccc(OCC5COC(Cn6cncn6)(c6ccc(F)cc6F)O5)cc4)CC3)cc2)c1=O)C[C@H](N)C(=O)O. The standard InChI is InChI=1S/C41H49F2N9O6/c1-27(19-38(44)39(53)54)18-28(2)29(3)52-40(55)51(26-47-52)33-7-5-31(6-8-33)48-14-16-49(17-15-48)32-9-11-34(12-10-32)56-21-35-22-57-41(58-35,23-50-25-45-24-46-50)36-13-4-30(42)20-37(36)43/h4-13,20,24-29,35,38H,14-19,21-23,44H2,1-3H3,(H,53,54)/t27?,28?,29?,35?,38-,41?/m0/s1. The number of benzene rings is 3. The number of nitrogens with zero attached hydrogens (tertiary/aromatic N) is 8. The maximum atomic E-state index is 14.9. The summed E-state index contributed by atoms with van der Waals surface area (Å²) in [5.74, 6) is -3.20. The van der Waals surface area contributed by atoms with E-state index < -0.39 is 35.5 Å². The van der Waals surface area contributed by atoms with E-state index in [0.717, 1.165) is 55.7 Å². The molecule has 3 aromatic carbocycles. The van der Waals surface area contributed by atoms with E-state index in [1.165, 1.54) is 34.2 Å². The monoisotopic (exact) mass is 801 g/mol. The van der Waals surface area contributed by atoms with Crippen molar-refractivity contribution in [3.8, 4) is 11.4 Å². The van der Waals surface area contributed by atoms with Crippen LogP contribution < -0.4 is 26.0 Å². The predicted molar refractivity (Wildman–Crippen MR) is 211 cm³/mol. The molecule has 2 fully saturated rings. The Balaban J connectivity index is 0.895. The summed E-state index contributed by atoms with van der Waals surface area (Å²) in [6.07, 6.45) is 4.94. The highest BCUT2D eigenvalue weighted by Crippen LogP contribution is 2.38. The van der Waals surface area contributed by atoms with Gasteiger partial charge in [0.25, 0.3) is 0 Å². The van der Waals surface area contributed by atoms with E-state index in [-0.39, 0.29) is 48.9 Å². The highest BCUT2D eigenvalue weighted by molar-refractivity contribution is 5.73. The number of anilines is 2. The van der Waals surface area contributed by atoms with Crippen LogP contribution in [-0.4, -0.2) is 91.7 Å². The lowest BCUT2D eigenvalue weighted by atomic mass is 9.88. The molecule has 2 aliphatic heterocycles. The Morgan fingerprint density at radius 1 is 0.931 bits per heavy atom. The minimum absolute atomic E-state index is 0.0181. The Bertz CT molecular complexity index is 2190. The number of nitrogens with two attached hydrogens (primary N) is 1. The predicted octanol–water partition coefficient (Wildman–Crippen LogP) is 4.60. The fraction of sp³-hybridized carbons (Fsp3) is 0.439. The summed E-state index contributed by atoms with van der Waals surface area (Å²) >= 11 is 0. The summed E-state index contributed by atoms with van der Waals surface area (Å²) in [6, 6.07) is 18.0. The van der Waals surface area contributed by atoms with Crippen molar-refractivity contribution in [1.82, 2.24) is 29.1 Å². The first kappa shape index (κ1) is 40.5. The van der Waals surface area contributed by atoms with E-state index in [1.54, 1.807) is 10.9 Å². The summed E-state index contributed by atoms with van der Waals surface area (Å²) in [5, 5.41) is 17.7. The number of aliphatic carboxylic acids is 1. The van der Waals surface area contributed by atoms with Crippen LogP contribution in [0.4, 0.5) is 20.2 Å². The maximum absolute atomic E-state index is 14.9. The molecule has 15 nitrogen and oxygen atoms in total. The zero-order valence-corrected chi connectivity index (χ0v) is 32.7. The maximum Gasteiger partial charge on any atom is 0.350 e. The van der Waals surface area contributed by atoms with Crippen molar-refractivity contribution in [3.05, 3.63) is 113 Å². The van der Waals surface area contributed by atoms with E-state index in [4.69, 9.17) is 25.1 Å². The molecule has 4 heterocycles. The highest BCUT2D eigenvalue weighted by atomic mass is 19.1. The molecule has 308 valence electrons. The number of piperazine rings is 1. The van der Waals surface area contributed by atoms with E-state index in [1.807, 2.05) is 69.3 Å². The Morgan fingerprint density at radius 3 is 2.21 bits per heavy atom. The molecule has 6 atom stereocenters. The largest absolute Gasteiger partial charge is 0.491 e. The van der Waals surface area contributed by atoms with Crippen molar-refractivity contribution >= 4 is 17.3 Å². The molecule has 0 radical (unpaired) electrons. The summed E-state index contributed by atoms with van der Waals surface area (Å²) in [5.41, 5.74) is 8.42. The molecule has 2 saturated heterocycles. The third-order valence-corrected chi connectivity index (χ3v) is 11.1. The number of rotatable bonds is 16. The fourth-order valence-corrected chi connectivity index (χ4v) is 7.75. The molecule has 0 amide bonds. The number of hydrogen-bond acceptors (Lipinski definition) is 11. The number of ether oxygens (including phenoxy) is 3. The van der Waals surface area contributed by atoms with Gasteiger partial charge in [-0.2, -0.15) is 10.2 Å². The van der Waals surface area contributed by atoms with E-state index in [0.29, 0.717) is 12.2 Å². The second-order valence-corrected chi connectivity index (χ2v) is 15.3. The van der Waals surface area contributed by atoms with Crippen LogP contribution >= 0.6 is 0 Å². The zero-order chi connectivity index (χ0) is 41.0. The molecule has 7 rings (SSSR count). The molecule has 0 saturated carbocycles. The average molecular weight is 802 g/mol. The van der Waals surface area contributed by atoms with Crippen LogP contribution in [-0.2, 0) is 26.6 Å². The number of carboxylic acid groups (broad SMARTS) is 1. The van der Waals surface area contributed by atoms with Crippen LogP contribution in [0.2, 0.25) is 0 Å². The molecular weight excluding hydrogens is 753 g/mol. The summed E-state index contributed by atoms with van der Waals surface area (Å²) in [7, 11) is 0. The van der Waals surface area contributed by atoms with Gasteiger partial charge in [-0.25, -0.2) is 32.5 Å². The number of aromatic nitrogens is 6. The van der Waals surface area contributed by atoms with Gasteiger partial charge in [0.2, 0.25) is 5.79 Å². The van der Waals surface area contributed by atoms with Gasteiger partial charge in [-0.1, -0.05) is 13.8 Å². The van der Waals surface area contributed by atoms with Crippen LogP contribution in [0.25, 0.3) is 5.69 Å². The fourth-order valence-electron chi connectivity index (χ4n) is 7.75. The first-order chi connectivity index (χ1) is 27.9. The van der Waals surface area contributed by atoms with Crippen LogP contribution in [0.15, 0.2) is 90.5 Å². The lowest BCUT2D eigenvalue weighted by molar-refractivity contribution is -0.192. The summed E-state index contributed by atoms with van der Waals surface area (Å²) in [6.45, 7) is 9.52. The normalized spacial score (nSPS) is 20.5. The lowest BCUT2D eigenvalue weighted by Gasteiger charge is -2.37. The second-order valence-electron chi connectivity index (χ2n) is 15.3. The van der Waals surface area contributed by atoms with Crippen LogP contribution in [0.3, 0.4) is 0 Å². The van der Waals surface area contributed by atoms with Gasteiger partial charge in [-0.15, -0.1) is 0 Å². The Hall–Kier alpha value is -5.65. The highest BCUT2D eigenvalue weighted by Gasteiger charge is 2.46. The van der Waals surface area contributed by atoms with Gasteiger partial charge in [-0.3, -0.25) is 4.79 Å². The first-order valence-electron chi connectivity index (χ1n) is 19.5. The number of hydrogen-bond donors (Lipinski definition) is 2. The van der Waals surface area contributed by atoms with Gasteiger partial charge >= 0.3 is 11.7 Å². The molecule has 3 N–H and O–H groups in total. The topological polar surface area (TPSA) is 168 Å². The van der Waals surface area contributed by atoms with Crippen molar-refractivity contribution in [3.63, 3.8) is 0 Å². The Labute approximate surface area is 334 Å². The molecule has 0 spiro atoms. The molecule has 5 aromatic rings. The minimum atomic E-state index is -1.53. The number of halogens is 2. The van der Waals surface area contributed by atoms with Gasteiger partial charge < -0.3 is 34.9 Å². The third kappa shape index (κ3) is 9.06. The van der Waals surface area contributed by atoms with Gasteiger partial charge in [0.05, 0.1) is 18.3 Å². The van der Waals surface area contributed by atoms with Gasteiger partial charge in [0, 0.05) is 49.2 Å². The second kappa shape index (κ2) is 17.5. The first-order valence-corrected chi connectivity index (χ1v) is 19.5. The molecule has 0 aliphatic carbocycles. The minimum Gasteiger partial charge on any atom is -0.491 e. The molecular formula is C41H49F2N9O6. The van der Waals surface area contributed by atoms with Gasteiger partial charge in [0.15, 0.2) is 0 Å². The Kier molecular flexibility index (Phi) is 12.2. The van der Waals surface area contributed by atoms with Crippen LogP contribution in [0, 0.1) is 23.5 Å². The molecule has 2 aliphatic rings. The van der Waals surface area contributed by atoms with Gasteiger partial charge in [-0.05, 0) is 92.3 Å². The quantitative estimate of drug-likeness (QED) is 0.143. The molecule has 5 unspecified atom stereocenters. The average Bonchev–Trinajstić information content (AvgIpc) is 3.98. The number of carbonyl (C=O) groups is 1. The van der Waals surface area contributed by atoms with Crippen molar-refractivity contribution < 1.29 is 32.9 Å². The van der Waals surface area contributed by atoms with Crippen LogP contribution in [0.1, 0.15) is 45.2 Å². The van der Waals surface area contributed by atoms with Crippen molar-refractivity contribution in [2.24, 2.45) is 17.6 Å².